The minimum Gasteiger partial charge on any atom is -0.338 e. The molecule has 0 aliphatic carbocycles. The molecule has 1 fully saturated rings. The molecule has 4 rings (SSSR count). The van der Waals surface area contributed by atoms with Crippen LogP contribution in [0.3, 0.4) is 0 Å². The number of carbonyl (C=O) groups is 1. The van der Waals surface area contributed by atoms with Gasteiger partial charge in [-0.2, -0.15) is 0 Å². The molecule has 1 aliphatic heterocycles. The van der Waals surface area contributed by atoms with Gasteiger partial charge in [-0.25, -0.2) is 4.98 Å². The van der Waals surface area contributed by atoms with Crippen LogP contribution < -0.4 is 5.56 Å². The van der Waals surface area contributed by atoms with Crippen LogP contribution in [0.25, 0.3) is 0 Å². The van der Waals surface area contributed by atoms with Crippen molar-refractivity contribution in [1.29, 1.82) is 0 Å². The fourth-order valence-electron chi connectivity index (χ4n) is 3.51. The zero-order valence-electron chi connectivity index (χ0n) is 15.1. The van der Waals surface area contributed by atoms with Crippen LogP contribution in [0.1, 0.15) is 40.8 Å². The molecule has 0 aromatic carbocycles. The Morgan fingerprint density at radius 3 is 2.96 bits per heavy atom. The molecule has 9 nitrogen and oxygen atoms in total. The number of imidazole rings is 1. The monoisotopic (exact) mass is 367 g/mol. The average molecular weight is 367 g/mol. The van der Waals surface area contributed by atoms with Crippen LogP contribution in [0, 0.1) is 0 Å². The van der Waals surface area contributed by atoms with Crippen molar-refractivity contribution >= 4 is 5.91 Å². The molecule has 9 heteroatoms. The summed E-state index contributed by atoms with van der Waals surface area (Å²) in [6, 6.07) is 2.94. The molecule has 1 aliphatic rings. The van der Waals surface area contributed by atoms with Crippen LogP contribution in [-0.2, 0) is 13.6 Å². The number of piperidine rings is 1. The number of hydrogen-bond donors (Lipinski definition) is 1. The van der Waals surface area contributed by atoms with E-state index in [0.717, 1.165) is 24.5 Å². The summed E-state index contributed by atoms with van der Waals surface area (Å²) < 4.78 is 3.96. The van der Waals surface area contributed by atoms with E-state index in [4.69, 9.17) is 0 Å². The Morgan fingerprint density at radius 1 is 1.33 bits per heavy atom. The van der Waals surface area contributed by atoms with Gasteiger partial charge in [0.1, 0.15) is 5.82 Å². The molecule has 1 atom stereocenters. The Balaban J connectivity index is 1.50. The number of aromatic nitrogens is 6. The molecule has 0 radical (unpaired) electrons. The Morgan fingerprint density at radius 2 is 2.22 bits per heavy atom. The summed E-state index contributed by atoms with van der Waals surface area (Å²) >= 11 is 0. The van der Waals surface area contributed by atoms with Gasteiger partial charge in [0.25, 0.3) is 5.91 Å². The third kappa shape index (κ3) is 3.53. The van der Waals surface area contributed by atoms with Gasteiger partial charge in [0.2, 0.25) is 5.56 Å². The SMILES string of the molecule is Cn1c(Cn2ccnc2)nnc1C1CCCN(C(=O)c2ccc(=O)[nH]c2)C1. The number of aromatic amines is 1. The maximum Gasteiger partial charge on any atom is 0.255 e. The van der Waals surface area contributed by atoms with E-state index >= 15 is 0 Å². The van der Waals surface area contributed by atoms with Crippen LogP contribution in [0.5, 0.6) is 0 Å². The first-order chi connectivity index (χ1) is 13.1. The molecular formula is C18H21N7O2. The van der Waals surface area contributed by atoms with Crippen molar-refractivity contribution in [3.05, 3.63) is 64.6 Å². The van der Waals surface area contributed by atoms with Crippen LogP contribution >= 0.6 is 0 Å². The summed E-state index contributed by atoms with van der Waals surface area (Å²) in [7, 11) is 1.96. The van der Waals surface area contributed by atoms with E-state index in [1.54, 1.807) is 18.6 Å². The topological polar surface area (TPSA) is 102 Å². The number of H-pyrrole nitrogens is 1. The lowest BCUT2D eigenvalue weighted by molar-refractivity contribution is 0.0703. The predicted octanol–water partition coefficient (Wildman–Crippen LogP) is 0.768. The van der Waals surface area contributed by atoms with Crippen LogP contribution in [-0.4, -0.2) is 53.2 Å². The van der Waals surface area contributed by atoms with Crippen molar-refractivity contribution in [1.82, 2.24) is 34.2 Å². The van der Waals surface area contributed by atoms with Crippen molar-refractivity contribution < 1.29 is 4.79 Å². The van der Waals surface area contributed by atoms with Gasteiger partial charge >= 0.3 is 0 Å². The zero-order chi connectivity index (χ0) is 18.8. The summed E-state index contributed by atoms with van der Waals surface area (Å²) in [5.41, 5.74) is 0.279. The molecule has 0 bridgehead atoms. The van der Waals surface area contributed by atoms with Crippen molar-refractivity contribution in [2.45, 2.75) is 25.3 Å². The number of carbonyl (C=O) groups excluding carboxylic acids is 1. The van der Waals surface area contributed by atoms with Crippen molar-refractivity contribution in [3.8, 4) is 0 Å². The first-order valence-corrected chi connectivity index (χ1v) is 8.94. The summed E-state index contributed by atoms with van der Waals surface area (Å²) in [5.74, 6) is 1.81. The molecule has 3 aromatic heterocycles. The Bertz CT molecular complexity index is 969. The lowest BCUT2D eigenvalue weighted by atomic mass is 9.96. The van der Waals surface area contributed by atoms with Gasteiger partial charge in [0.15, 0.2) is 5.82 Å². The average Bonchev–Trinajstić information content (AvgIpc) is 3.33. The predicted molar refractivity (Wildman–Crippen MR) is 97.3 cm³/mol. The van der Waals surface area contributed by atoms with E-state index in [1.807, 2.05) is 27.3 Å². The van der Waals surface area contributed by atoms with E-state index in [1.165, 1.54) is 12.3 Å². The van der Waals surface area contributed by atoms with Crippen molar-refractivity contribution in [2.75, 3.05) is 13.1 Å². The molecule has 0 saturated carbocycles. The van der Waals surface area contributed by atoms with E-state index < -0.39 is 0 Å². The van der Waals surface area contributed by atoms with Gasteiger partial charge in [-0.3, -0.25) is 9.59 Å². The summed E-state index contributed by atoms with van der Waals surface area (Å²) in [6.45, 7) is 1.90. The molecule has 1 saturated heterocycles. The Hall–Kier alpha value is -3.23. The highest BCUT2D eigenvalue weighted by Gasteiger charge is 2.29. The second-order valence-electron chi connectivity index (χ2n) is 6.80. The number of nitrogens with one attached hydrogen (secondary N) is 1. The van der Waals surface area contributed by atoms with Gasteiger partial charge in [0.05, 0.1) is 18.4 Å². The number of nitrogens with zero attached hydrogens (tertiary/aromatic N) is 6. The Kier molecular flexibility index (Phi) is 4.57. The molecule has 1 N–H and O–H groups in total. The summed E-state index contributed by atoms with van der Waals surface area (Å²) in [6.07, 6.45) is 8.72. The lowest BCUT2D eigenvalue weighted by Crippen LogP contribution is -2.40. The molecule has 27 heavy (non-hydrogen) atoms. The second-order valence-corrected chi connectivity index (χ2v) is 6.80. The van der Waals surface area contributed by atoms with E-state index in [-0.39, 0.29) is 17.4 Å². The van der Waals surface area contributed by atoms with Gasteiger partial charge in [0, 0.05) is 50.7 Å². The molecule has 140 valence electrons. The summed E-state index contributed by atoms with van der Waals surface area (Å²) in [4.78, 5) is 32.4. The van der Waals surface area contributed by atoms with E-state index in [0.29, 0.717) is 25.2 Å². The molecule has 0 spiro atoms. The third-order valence-electron chi connectivity index (χ3n) is 4.99. The second kappa shape index (κ2) is 7.18. The highest BCUT2D eigenvalue weighted by atomic mass is 16.2. The molecule has 1 amide bonds. The smallest absolute Gasteiger partial charge is 0.255 e. The maximum absolute atomic E-state index is 12.7. The fraction of sp³-hybridized carbons (Fsp3) is 0.389. The van der Waals surface area contributed by atoms with E-state index in [2.05, 4.69) is 20.2 Å². The van der Waals surface area contributed by atoms with Crippen LogP contribution in [0.4, 0.5) is 0 Å². The van der Waals surface area contributed by atoms with Gasteiger partial charge < -0.3 is 19.0 Å². The maximum atomic E-state index is 12.7. The van der Waals surface area contributed by atoms with E-state index in [9.17, 15) is 9.59 Å². The third-order valence-corrected chi connectivity index (χ3v) is 4.99. The Labute approximate surface area is 155 Å². The van der Waals surface area contributed by atoms with Gasteiger partial charge in [-0.05, 0) is 18.9 Å². The normalized spacial score (nSPS) is 17.2. The highest BCUT2D eigenvalue weighted by molar-refractivity contribution is 5.93. The molecule has 3 aromatic rings. The van der Waals surface area contributed by atoms with Crippen LogP contribution in [0.2, 0.25) is 0 Å². The quantitative estimate of drug-likeness (QED) is 0.734. The largest absolute Gasteiger partial charge is 0.338 e. The highest BCUT2D eigenvalue weighted by Crippen LogP contribution is 2.26. The molecular weight excluding hydrogens is 346 g/mol. The van der Waals surface area contributed by atoms with Gasteiger partial charge in [-0.15, -0.1) is 10.2 Å². The first-order valence-electron chi connectivity index (χ1n) is 8.94. The van der Waals surface area contributed by atoms with Crippen molar-refractivity contribution in [3.63, 3.8) is 0 Å². The molecule has 1 unspecified atom stereocenters. The number of amides is 1. The number of hydrogen-bond acceptors (Lipinski definition) is 5. The molecule has 4 heterocycles. The summed E-state index contributed by atoms with van der Waals surface area (Å²) in [5, 5.41) is 8.72. The lowest BCUT2D eigenvalue weighted by Gasteiger charge is -2.32. The zero-order valence-corrected chi connectivity index (χ0v) is 15.1. The minimum atomic E-state index is -0.215. The van der Waals surface area contributed by atoms with Crippen LogP contribution in [0.15, 0.2) is 41.8 Å². The minimum absolute atomic E-state index is 0.0724. The first kappa shape index (κ1) is 17.2. The van der Waals surface area contributed by atoms with Crippen molar-refractivity contribution in [2.24, 2.45) is 7.05 Å². The standard InChI is InChI=1S/C18H21N7O2/c1-23-15(11-24-8-6-19-12-24)21-22-17(23)14-3-2-7-25(10-14)18(27)13-4-5-16(26)20-9-13/h4-6,8-9,12,14H,2-3,7,10-11H2,1H3,(H,20,26). The van der Waals surface area contributed by atoms with Gasteiger partial charge in [-0.1, -0.05) is 0 Å². The number of likely N-dealkylation sites (tertiary alicyclic amines) is 1. The number of rotatable bonds is 4. The fourth-order valence-corrected chi connectivity index (χ4v) is 3.51. The number of pyridine rings is 1.